The van der Waals surface area contributed by atoms with E-state index in [4.69, 9.17) is 16.3 Å². The molecule has 0 aliphatic carbocycles. The van der Waals surface area contributed by atoms with Gasteiger partial charge in [0, 0.05) is 17.0 Å². The Morgan fingerprint density at radius 2 is 1.80 bits per heavy atom. The van der Waals surface area contributed by atoms with Crippen LogP contribution < -0.4 is 5.32 Å². The van der Waals surface area contributed by atoms with Gasteiger partial charge in [0.1, 0.15) is 0 Å². The molecule has 0 aromatic heterocycles. The minimum atomic E-state index is -3.59. The van der Waals surface area contributed by atoms with Gasteiger partial charge in [0.05, 0.1) is 10.5 Å². The maximum absolute atomic E-state index is 12.1. The number of carbonyl (C=O) groups is 2. The quantitative estimate of drug-likeness (QED) is 0.804. The molecule has 1 N–H and O–H groups in total. The van der Waals surface area contributed by atoms with E-state index in [2.05, 4.69) is 5.32 Å². The SMILES string of the molecule is Cc1c(Cl)cccc1NC(=O)COC(=O)c1ccccc1S(C)(=O)=O. The molecule has 0 saturated heterocycles. The summed E-state index contributed by atoms with van der Waals surface area (Å²) in [6, 6.07) is 10.7. The zero-order chi connectivity index (χ0) is 18.6. The standard InChI is InChI=1S/C17H16ClNO5S/c1-11-13(18)7-5-8-14(11)19-16(20)10-24-17(21)12-6-3-4-9-15(12)25(2,22)23/h3-9H,10H2,1-2H3,(H,19,20). The predicted molar refractivity (Wildman–Crippen MR) is 94.7 cm³/mol. The Kier molecular flexibility index (Phi) is 5.81. The number of hydrogen-bond donors (Lipinski definition) is 1. The summed E-state index contributed by atoms with van der Waals surface area (Å²) in [7, 11) is -3.59. The lowest BCUT2D eigenvalue weighted by atomic mass is 10.2. The van der Waals surface area contributed by atoms with E-state index in [0.29, 0.717) is 16.3 Å². The van der Waals surface area contributed by atoms with Crippen molar-refractivity contribution in [3.63, 3.8) is 0 Å². The summed E-state index contributed by atoms with van der Waals surface area (Å²) in [5.74, 6) is -1.45. The number of amides is 1. The molecule has 8 heteroatoms. The van der Waals surface area contributed by atoms with Crippen molar-refractivity contribution in [3.05, 3.63) is 58.6 Å². The summed E-state index contributed by atoms with van der Waals surface area (Å²) < 4.78 is 28.3. The van der Waals surface area contributed by atoms with Crippen molar-refractivity contribution in [1.29, 1.82) is 0 Å². The summed E-state index contributed by atoms with van der Waals surface area (Å²) in [5, 5.41) is 3.08. The average molecular weight is 382 g/mol. The van der Waals surface area contributed by atoms with Gasteiger partial charge >= 0.3 is 5.97 Å². The lowest BCUT2D eigenvalue weighted by Gasteiger charge is -2.11. The largest absolute Gasteiger partial charge is 0.452 e. The van der Waals surface area contributed by atoms with Crippen molar-refractivity contribution < 1.29 is 22.7 Å². The van der Waals surface area contributed by atoms with E-state index >= 15 is 0 Å². The van der Waals surface area contributed by atoms with E-state index in [0.717, 1.165) is 6.26 Å². The average Bonchev–Trinajstić information content (AvgIpc) is 2.56. The number of rotatable bonds is 5. The highest BCUT2D eigenvalue weighted by Gasteiger charge is 2.20. The van der Waals surface area contributed by atoms with Crippen molar-refractivity contribution in [1.82, 2.24) is 0 Å². The molecule has 2 rings (SSSR count). The summed E-state index contributed by atoms with van der Waals surface area (Å²) in [6.07, 6.45) is 0.994. The number of halogens is 1. The van der Waals surface area contributed by atoms with Gasteiger partial charge in [0.15, 0.2) is 16.4 Å². The van der Waals surface area contributed by atoms with Crippen molar-refractivity contribution in [2.24, 2.45) is 0 Å². The van der Waals surface area contributed by atoms with Crippen LogP contribution >= 0.6 is 11.6 Å². The van der Waals surface area contributed by atoms with Crippen LogP contribution in [-0.2, 0) is 19.4 Å². The normalized spacial score (nSPS) is 11.0. The Morgan fingerprint density at radius 1 is 1.12 bits per heavy atom. The number of anilines is 1. The fourth-order valence-corrected chi connectivity index (χ4v) is 3.15. The first-order valence-electron chi connectivity index (χ1n) is 7.21. The van der Waals surface area contributed by atoms with Gasteiger partial charge in [-0.3, -0.25) is 4.79 Å². The smallest absolute Gasteiger partial charge is 0.339 e. The molecular formula is C17H16ClNO5S. The number of hydrogen-bond acceptors (Lipinski definition) is 5. The number of esters is 1. The Morgan fingerprint density at radius 3 is 2.48 bits per heavy atom. The van der Waals surface area contributed by atoms with Crippen LogP contribution in [0.4, 0.5) is 5.69 Å². The molecule has 0 radical (unpaired) electrons. The van der Waals surface area contributed by atoms with Crippen molar-refractivity contribution in [2.45, 2.75) is 11.8 Å². The molecule has 25 heavy (non-hydrogen) atoms. The van der Waals surface area contributed by atoms with E-state index in [1.165, 1.54) is 24.3 Å². The molecule has 0 unspecified atom stereocenters. The molecule has 2 aromatic carbocycles. The molecule has 6 nitrogen and oxygen atoms in total. The third kappa shape index (κ3) is 4.80. The lowest BCUT2D eigenvalue weighted by molar-refractivity contribution is -0.119. The number of nitrogens with one attached hydrogen (secondary N) is 1. The van der Waals surface area contributed by atoms with Gasteiger partial charge in [-0.1, -0.05) is 29.8 Å². The number of carbonyl (C=O) groups excluding carboxylic acids is 2. The molecule has 132 valence electrons. The highest BCUT2D eigenvalue weighted by Crippen LogP contribution is 2.23. The molecule has 1 amide bonds. The predicted octanol–water partition coefficient (Wildman–Crippen LogP) is 2.85. The maximum atomic E-state index is 12.1. The minimum absolute atomic E-state index is 0.114. The van der Waals surface area contributed by atoms with Gasteiger partial charge in [-0.2, -0.15) is 0 Å². The molecule has 2 aromatic rings. The highest BCUT2D eigenvalue weighted by atomic mass is 35.5. The number of benzene rings is 2. The van der Waals surface area contributed by atoms with E-state index in [1.807, 2.05) is 0 Å². The second kappa shape index (κ2) is 7.67. The zero-order valence-corrected chi connectivity index (χ0v) is 15.1. The summed E-state index contributed by atoms with van der Waals surface area (Å²) in [6.45, 7) is 1.19. The maximum Gasteiger partial charge on any atom is 0.339 e. The fourth-order valence-electron chi connectivity index (χ4n) is 2.10. The van der Waals surface area contributed by atoms with Crippen LogP contribution in [0, 0.1) is 6.92 Å². The molecule has 0 fully saturated rings. The van der Waals surface area contributed by atoms with Crippen LogP contribution in [0.1, 0.15) is 15.9 Å². The molecule has 0 bridgehead atoms. The second-order valence-electron chi connectivity index (χ2n) is 5.31. The first-order valence-corrected chi connectivity index (χ1v) is 9.48. The number of sulfone groups is 1. The summed E-state index contributed by atoms with van der Waals surface area (Å²) in [5.41, 5.74) is 1.08. The second-order valence-corrected chi connectivity index (χ2v) is 7.70. The number of ether oxygens (including phenoxy) is 1. The highest BCUT2D eigenvalue weighted by molar-refractivity contribution is 7.90. The van der Waals surface area contributed by atoms with E-state index in [-0.39, 0.29) is 10.5 Å². The van der Waals surface area contributed by atoms with Crippen LogP contribution in [0.25, 0.3) is 0 Å². The summed E-state index contributed by atoms with van der Waals surface area (Å²) in [4.78, 5) is 23.9. The minimum Gasteiger partial charge on any atom is -0.452 e. The first-order chi connectivity index (χ1) is 11.7. The van der Waals surface area contributed by atoms with Crippen LogP contribution in [0.5, 0.6) is 0 Å². The topological polar surface area (TPSA) is 89.5 Å². The molecule has 0 aliphatic heterocycles. The monoisotopic (exact) mass is 381 g/mol. The fraction of sp³-hybridized carbons (Fsp3) is 0.176. The molecule has 0 heterocycles. The van der Waals surface area contributed by atoms with Crippen molar-refractivity contribution in [2.75, 3.05) is 18.2 Å². The Labute approximate surface area is 150 Å². The Hall–Kier alpha value is -2.38. The van der Waals surface area contributed by atoms with Crippen LogP contribution in [-0.4, -0.2) is 33.2 Å². The lowest BCUT2D eigenvalue weighted by Crippen LogP contribution is -2.22. The Balaban J connectivity index is 2.06. The summed E-state index contributed by atoms with van der Waals surface area (Å²) >= 11 is 5.97. The van der Waals surface area contributed by atoms with Crippen LogP contribution in [0.3, 0.4) is 0 Å². The van der Waals surface area contributed by atoms with Gasteiger partial charge < -0.3 is 10.1 Å². The molecule has 0 saturated carbocycles. The van der Waals surface area contributed by atoms with Gasteiger partial charge in [-0.15, -0.1) is 0 Å². The van der Waals surface area contributed by atoms with Crippen LogP contribution in [0.15, 0.2) is 47.4 Å². The first kappa shape index (κ1) is 19.0. The zero-order valence-electron chi connectivity index (χ0n) is 13.6. The molecule has 0 atom stereocenters. The van der Waals surface area contributed by atoms with E-state index in [1.54, 1.807) is 25.1 Å². The van der Waals surface area contributed by atoms with Gasteiger partial charge in [-0.05, 0) is 36.8 Å². The van der Waals surface area contributed by atoms with Gasteiger partial charge in [0.25, 0.3) is 5.91 Å². The van der Waals surface area contributed by atoms with Crippen molar-refractivity contribution >= 4 is 39.0 Å². The molecule has 0 spiro atoms. The third-order valence-electron chi connectivity index (χ3n) is 3.38. The van der Waals surface area contributed by atoms with Gasteiger partial charge in [-0.25, -0.2) is 13.2 Å². The third-order valence-corrected chi connectivity index (χ3v) is 4.95. The van der Waals surface area contributed by atoms with Gasteiger partial charge in [0.2, 0.25) is 0 Å². The van der Waals surface area contributed by atoms with Crippen molar-refractivity contribution in [3.8, 4) is 0 Å². The Bertz CT molecular complexity index is 924. The van der Waals surface area contributed by atoms with E-state index in [9.17, 15) is 18.0 Å². The molecule has 0 aliphatic rings. The molecular weight excluding hydrogens is 366 g/mol. The van der Waals surface area contributed by atoms with Crippen LogP contribution in [0.2, 0.25) is 5.02 Å². The van der Waals surface area contributed by atoms with E-state index < -0.39 is 28.3 Å².